The first-order valence-corrected chi connectivity index (χ1v) is 51.9. The molecule has 0 saturated heterocycles. The third-order valence-electron chi connectivity index (χ3n) is 16.8. The summed E-state index contributed by atoms with van der Waals surface area (Å²) in [5, 5.41) is 9.55. The molecule has 0 spiro atoms. The van der Waals surface area contributed by atoms with Crippen molar-refractivity contribution in [1.82, 2.24) is 0 Å². The minimum Gasteiger partial charge on any atom is -0.497 e. The second kappa shape index (κ2) is 39.1. The van der Waals surface area contributed by atoms with Gasteiger partial charge in [-0.25, -0.2) is 0 Å². The standard InChI is InChI=1S/C26H42O5Si2.2C24H38O3Si2/c1-28-24-14-12-21(18-23(24)20-27)10-8-16-32(4,5)31-33(6,7)17-9-11-22-13-15-25(29-2)26(19-22)30-3;1-25-23-15-11-21(12-16-23)9-7-19-28(3,4)27-29(5,6)20-8-10-22-13-17-24(26-2)18-14-22;1-25-23-17-9-7-13-21(23)15-11-19-28(3,4)27-29(5,6)20-12-16-22-14-8-10-18-24(22)26-2/h12-15,18-19,27H,8-11,16-17,20H2,1-7H3;11-18H,7-10,19-20H2,1-6H3;7-10,13-14,17-18H,11-12,15-16,19-20H2,1-6H3. The largest absolute Gasteiger partial charge is 0.497 e. The highest BCUT2D eigenvalue weighted by Gasteiger charge is 2.35. The van der Waals surface area contributed by atoms with E-state index < -0.39 is 49.9 Å². The zero-order valence-corrected chi connectivity index (χ0v) is 65.7. The maximum absolute atomic E-state index is 9.55. The molecule has 6 aromatic carbocycles. The molecule has 0 aliphatic rings. The van der Waals surface area contributed by atoms with E-state index in [0.29, 0.717) is 0 Å². The van der Waals surface area contributed by atoms with Crippen molar-refractivity contribution < 1.29 is 50.6 Å². The van der Waals surface area contributed by atoms with Gasteiger partial charge in [-0.1, -0.05) is 72.8 Å². The summed E-state index contributed by atoms with van der Waals surface area (Å²) in [7, 11) is 1.83. The molecule has 0 amide bonds. The zero-order chi connectivity index (χ0) is 67.1. The molecule has 6 rings (SSSR count). The SMILES string of the molecule is COc1ccc(CCC[Si](C)(C)O[Si](C)(C)CCCc2ccc(OC)c(OC)c2)cc1CO.COc1ccc(CCC[Si](C)(C)O[Si](C)(C)CCCc2ccc(OC)cc2)cc1.COc1ccccc1CCC[Si](C)(C)O[Si](C)(C)CCCc1ccccc1OC. The van der Waals surface area contributed by atoms with Crippen LogP contribution < -0.4 is 33.2 Å². The van der Waals surface area contributed by atoms with Crippen LogP contribution in [-0.4, -0.2) is 105 Å². The predicted octanol–water partition coefficient (Wildman–Crippen LogP) is 19.6. The fraction of sp³-hybridized carbons (Fsp3) is 0.514. The Morgan fingerprint density at radius 3 is 0.857 bits per heavy atom. The van der Waals surface area contributed by atoms with Crippen molar-refractivity contribution in [2.24, 2.45) is 0 Å². The van der Waals surface area contributed by atoms with Gasteiger partial charge in [0.05, 0.1) is 56.4 Å². The van der Waals surface area contributed by atoms with Crippen molar-refractivity contribution in [2.75, 3.05) is 49.8 Å². The number of rotatable bonds is 38. The van der Waals surface area contributed by atoms with E-state index in [1.807, 2.05) is 60.7 Å². The zero-order valence-electron chi connectivity index (χ0n) is 59.7. The molecule has 6 aromatic rings. The van der Waals surface area contributed by atoms with Crippen LogP contribution in [0.3, 0.4) is 0 Å². The molecule has 0 radical (unpaired) electrons. The topological polar surface area (TPSA) is 113 Å². The number of aryl methyl sites for hydroxylation is 6. The minimum atomic E-state index is -1.74. The Morgan fingerprint density at radius 2 is 0.538 bits per heavy atom. The average molecular weight is 1350 g/mol. The molecule has 1 N–H and O–H groups in total. The molecule has 11 nitrogen and oxygen atoms in total. The van der Waals surface area contributed by atoms with E-state index in [1.165, 1.54) is 70.4 Å². The molecule has 0 aliphatic heterocycles. The number of methoxy groups -OCH3 is 7. The summed E-state index contributed by atoms with van der Waals surface area (Å²) in [6, 6.07) is 53.0. The number of aliphatic hydroxyl groups is 1. The van der Waals surface area contributed by atoms with E-state index in [2.05, 4.69) is 151 Å². The van der Waals surface area contributed by atoms with Crippen molar-refractivity contribution in [3.05, 3.63) is 172 Å². The fourth-order valence-electron chi connectivity index (χ4n) is 12.4. The van der Waals surface area contributed by atoms with E-state index in [-0.39, 0.29) is 6.61 Å². The summed E-state index contributed by atoms with van der Waals surface area (Å²) in [6.45, 7) is 28.5. The van der Waals surface area contributed by atoms with Crippen molar-refractivity contribution in [2.45, 2.75) is 198 Å². The third-order valence-corrected chi connectivity index (χ3v) is 39.4. The van der Waals surface area contributed by atoms with Crippen LogP contribution in [0.15, 0.2) is 133 Å². The first-order valence-electron chi connectivity index (χ1n) is 33.2. The number of aliphatic hydroxyl groups excluding tert-OH is 1. The lowest BCUT2D eigenvalue weighted by Gasteiger charge is -2.34. The van der Waals surface area contributed by atoms with Gasteiger partial charge in [0.1, 0.15) is 28.7 Å². The summed E-state index contributed by atoms with van der Waals surface area (Å²) in [5.41, 5.74) is 8.73. The molecule has 0 fully saturated rings. The third kappa shape index (κ3) is 30.3. The van der Waals surface area contributed by atoms with Gasteiger partial charge < -0.3 is 50.6 Å². The number of hydrogen-bond acceptors (Lipinski definition) is 11. The van der Waals surface area contributed by atoms with E-state index in [4.69, 9.17) is 45.5 Å². The Balaban J connectivity index is 0.000000292. The molecule has 0 saturated carbocycles. The van der Waals surface area contributed by atoms with Crippen LogP contribution in [0.5, 0.6) is 40.2 Å². The molecular weight excluding hydrogens is 1230 g/mol. The first-order chi connectivity index (χ1) is 43.1. The van der Waals surface area contributed by atoms with Crippen LogP contribution in [-0.2, 0) is 57.5 Å². The molecule has 0 bridgehead atoms. The lowest BCUT2D eigenvalue weighted by atomic mass is 10.1. The van der Waals surface area contributed by atoms with E-state index in [0.717, 1.165) is 122 Å². The van der Waals surface area contributed by atoms with Gasteiger partial charge in [-0.2, -0.15) is 0 Å². The van der Waals surface area contributed by atoms with E-state index in [1.54, 1.807) is 49.8 Å². The molecule has 0 unspecified atom stereocenters. The van der Waals surface area contributed by atoms with Gasteiger partial charge in [0.25, 0.3) is 0 Å². The highest BCUT2D eigenvalue weighted by atomic mass is 28.4. The summed E-state index contributed by atoms with van der Waals surface area (Å²) in [5.74, 6) is 6.16. The Morgan fingerprint density at radius 1 is 0.264 bits per heavy atom. The van der Waals surface area contributed by atoms with Gasteiger partial charge in [-0.3, -0.25) is 0 Å². The summed E-state index contributed by atoms with van der Waals surface area (Å²) in [4.78, 5) is 0. The van der Waals surface area contributed by atoms with Crippen molar-refractivity contribution in [3.8, 4) is 40.2 Å². The molecule has 0 aliphatic carbocycles. The van der Waals surface area contributed by atoms with E-state index >= 15 is 0 Å². The van der Waals surface area contributed by atoms with Crippen molar-refractivity contribution >= 4 is 49.9 Å². The normalized spacial score (nSPS) is 12.0. The molecule has 17 heteroatoms. The van der Waals surface area contributed by atoms with Crippen molar-refractivity contribution in [3.63, 3.8) is 0 Å². The van der Waals surface area contributed by atoms with Gasteiger partial charge >= 0.3 is 0 Å². The molecular formula is C74H118O11Si6. The van der Waals surface area contributed by atoms with Gasteiger partial charge in [0, 0.05) is 5.56 Å². The Labute approximate surface area is 558 Å². The van der Waals surface area contributed by atoms with E-state index in [9.17, 15) is 5.11 Å². The quantitative estimate of drug-likeness (QED) is 0.0374. The maximum atomic E-state index is 9.55. The summed E-state index contributed by atoms with van der Waals surface area (Å²) >= 11 is 0. The number of para-hydroxylation sites is 2. The van der Waals surface area contributed by atoms with Crippen LogP contribution in [0.4, 0.5) is 0 Å². The predicted molar refractivity (Wildman–Crippen MR) is 397 cm³/mol. The molecule has 504 valence electrons. The van der Waals surface area contributed by atoms with Crippen LogP contribution >= 0.6 is 0 Å². The van der Waals surface area contributed by atoms with Crippen LogP contribution in [0, 0.1) is 0 Å². The molecule has 0 heterocycles. The number of hydrogen-bond donors (Lipinski definition) is 1. The lowest BCUT2D eigenvalue weighted by Crippen LogP contribution is -2.44. The number of benzene rings is 6. The average Bonchev–Trinajstić information content (AvgIpc) is 2.33. The van der Waals surface area contributed by atoms with Gasteiger partial charge in [-0.15, -0.1) is 0 Å². The molecule has 0 aromatic heterocycles. The fourth-order valence-corrected chi connectivity index (χ4v) is 39.0. The second-order valence-electron chi connectivity index (χ2n) is 27.8. The Kier molecular flexibility index (Phi) is 33.7. The summed E-state index contributed by atoms with van der Waals surface area (Å²) in [6.07, 6.45) is 13.3. The minimum absolute atomic E-state index is 0.00344. The highest BCUT2D eigenvalue weighted by Crippen LogP contribution is 2.33. The van der Waals surface area contributed by atoms with Gasteiger partial charge in [-0.05, 0) is 286 Å². The van der Waals surface area contributed by atoms with Gasteiger partial charge in [0.15, 0.2) is 61.4 Å². The van der Waals surface area contributed by atoms with Crippen LogP contribution in [0.1, 0.15) is 77.5 Å². The Bertz CT molecular complexity index is 2810. The monoisotopic (exact) mass is 1350 g/mol. The van der Waals surface area contributed by atoms with Crippen molar-refractivity contribution in [1.29, 1.82) is 0 Å². The number of ether oxygens (including phenoxy) is 7. The molecule has 91 heavy (non-hydrogen) atoms. The Hall–Kier alpha value is -4.94. The molecule has 0 atom stereocenters. The second-order valence-corrected chi connectivity index (χ2v) is 54.4. The lowest BCUT2D eigenvalue weighted by molar-refractivity contribution is 0.273. The van der Waals surface area contributed by atoms with Gasteiger partial charge in [0.2, 0.25) is 0 Å². The van der Waals surface area contributed by atoms with Crippen LogP contribution in [0.25, 0.3) is 0 Å². The summed E-state index contributed by atoms with van der Waals surface area (Å²) < 4.78 is 58.0. The smallest absolute Gasteiger partial charge is 0.173 e. The highest BCUT2D eigenvalue weighted by molar-refractivity contribution is 6.86. The first kappa shape index (κ1) is 78.5. The van der Waals surface area contributed by atoms with Crippen LogP contribution in [0.2, 0.25) is 115 Å². The maximum Gasteiger partial charge on any atom is 0.173 e.